The van der Waals surface area contributed by atoms with Crippen LogP contribution in [-0.2, 0) is 11.2 Å². The highest BCUT2D eigenvalue weighted by Crippen LogP contribution is 2.37. The maximum absolute atomic E-state index is 5.52. The summed E-state index contributed by atoms with van der Waals surface area (Å²) in [4.78, 5) is 4.90. The summed E-state index contributed by atoms with van der Waals surface area (Å²) in [5.74, 6) is 0. The van der Waals surface area contributed by atoms with Gasteiger partial charge in [0.2, 0.25) is 0 Å². The summed E-state index contributed by atoms with van der Waals surface area (Å²) in [6.45, 7) is 4.66. The first kappa shape index (κ1) is 15.9. The number of morpholine rings is 1. The van der Waals surface area contributed by atoms with E-state index in [9.17, 15) is 0 Å². The van der Waals surface area contributed by atoms with Crippen LogP contribution in [0.5, 0.6) is 0 Å². The van der Waals surface area contributed by atoms with Crippen LogP contribution in [0.3, 0.4) is 0 Å². The predicted molar refractivity (Wildman–Crippen MR) is 104 cm³/mol. The topological polar surface area (TPSA) is 44.4 Å². The van der Waals surface area contributed by atoms with Gasteiger partial charge in [0.05, 0.1) is 31.0 Å². The van der Waals surface area contributed by atoms with E-state index < -0.39 is 0 Å². The van der Waals surface area contributed by atoms with E-state index in [-0.39, 0.29) is 0 Å². The van der Waals surface area contributed by atoms with Crippen molar-refractivity contribution in [1.82, 2.24) is 15.1 Å². The van der Waals surface area contributed by atoms with Gasteiger partial charge in [-0.2, -0.15) is 5.10 Å². The smallest absolute Gasteiger partial charge is 0.0650 e. The van der Waals surface area contributed by atoms with Crippen molar-refractivity contribution in [3.05, 3.63) is 59.3 Å². The van der Waals surface area contributed by atoms with Gasteiger partial charge in [-0.3, -0.25) is 10.00 Å². The van der Waals surface area contributed by atoms with Crippen LogP contribution in [0.25, 0.3) is 10.9 Å². The quantitative estimate of drug-likeness (QED) is 0.773. The van der Waals surface area contributed by atoms with E-state index in [1.54, 1.807) is 0 Å². The average Bonchev–Trinajstić information content (AvgIpc) is 3.16. The van der Waals surface area contributed by atoms with Gasteiger partial charge >= 0.3 is 0 Å². The molecule has 26 heavy (non-hydrogen) atoms. The Balaban J connectivity index is 1.57. The molecular formula is C21H24N4O. The maximum atomic E-state index is 5.52. The number of aromatic nitrogens is 2. The Morgan fingerprint density at radius 2 is 1.96 bits per heavy atom. The molecule has 0 radical (unpaired) electrons. The molecule has 5 rings (SSSR count). The Hall–Kier alpha value is -2.37. The number of aromatic amines is 1. The van der Waals surface area contributed by atoms with Crippen molar-refractivity contribution in [3.63, 3.8) is 0 Å². The largest absolute Gasteiger partial charge is 0.378 e. The third-order valence-electron chi connectivity index (χ3n) is 5.75. The molecule has 0 aliphatic carbocycles. The molecule has 1 unspecified atom stereocenters. The summed E-state index contributed by atoms with van der Waals surface area (Å²) in [7, 11) is 2.23. The Bertz CT molecular complexity index is 929. The molecule has 5 nitrogen and oxygen atoms in total. The molecule has 2 aliphatic heterocycles. The number of anilines is 1. The van der Waals surface area contributed by atoms with Gasteiger partial charge in [0.1, 0.15) is 0 Å². The maximum Gasteiger partial charge on any atom is 0.0650 e. The molecule has 0 spiro atoms. The van der Waals surface area contributed by atoms with E-state index in [1.165, 1.54) is 27.8 Å². The lowest BCUT2D eigenvalue weighted by Gasteiger charge is -2.37. The third-order valence-corrected chi connectivity index (χ3v) is 5.75. The molecular weight excluding hydrogens is 324 g/mol. The van der Waals surface area contributed by atoms with Crippen molar-refractivity contribution >= 4 is 16.6 Å². The van der Waals surface area contributed by atoms with Crippen molar-refractivity contribution in [1.29, 1.82) is 0 Å². The monoisotopic (exact) mass is 348 g/mol. The van der Waals surface area contributed by atoms with Gasteiger partial charge in [-0.25, -0.2) is 0 Å². The Kier molecular flexibility index (Phi) is 3.91. The zero-order valence-electron chi connectivity index (χ0n) is 15.1. The van der Waals surface area contributed by atoms with Gasteiger partial charge in [0.25, 0.3) is 0 Å². The number of fused-ring (bicyclic) bond motifs is 2. The van der Waals surface area contributed by atoms with Crippen LogP contribution in [-0.4, -0.2) is 55.0 Å². The highest BCUT2D eigenvalue weighted by Gasteiger charge is 2.27. The molecule has 1 saturated heterocycles. The fraction of sp³-hybridized carbons (Fsp3) is 0.381. The summed E-state index contributed by atoms with van der Waals surface area (Å²) in [6, 6.07) is 14.0. The molecule has 2 aliphatic rings. The number of rotatable bonds is 2. The molecule has 1 atom stereocenters. The Morgan fingerprint density at radius 1 is 1.08 bits per heavy atom. The first-order valence-corrected chi connectivity index (χ1v) is 9.38. The van der Waals surface area contributed by atoms with E-state index in [0.29, 0.717) is 6.04 Å². The normalized spacial score (nSPS) is 21.1. The number of H-pyrrole nitrogens is 1. The lowest BCUT2D eigenvalue weighted by Crippen LogP contribution is -2.37. The minimum Gasteiger partial charge on any atom is -0.378 e. The van der Waals surface area contributed by atoms with E-state index in [4.69, 9.17) is 4.74 Å². The Morgan fingerprint density at radius 3 is 2.85 bits per heavy atom. The minimum absolute atomic E-state index is 0.291. The highest BCUT2D eigenvalue weighted by molar-refractivity contribution is 5.78. The molecule has 0 bridgehead atoms. The van der Waals surface area contributed by atoms with Crippen LogP contribution in [0.1, 0.15) is 22.7 Å². The van der Waals surface area contributed by atoms with Crippen LogP contribution in [0.15, 0.2) is 42.6 Å². The second-order valence-electron chi connectivity index (χ2n) is 7.33. The van der Waals surface area contributed by atoms with Crippen molar-refractivity contribution in [2.45, 2.75) is 12.5 Å². The van der Waals surface area contributed by atoms with Crippen molar-refractivity contribution in [2.24, 2.45) is 0 Å². The van der Waals surface area contributed by atoms with Crippen LogP contribution in [0, 0.1) is 0 Å². The molecule has 0 saturated carbocycles. The Labute approximate surface area is 153 Å². The molecule has 5 heteroatoms. The second kappa shape index (κ2) is 6.41. The fourth-order valence-electron chi connectivity index (χ4n) is 4.31. The number of likely N-dealkylation sites (N-methyl/N-ethyl adjacent to an activating group) is 1. The second-order valence-corrected chi connectivity index (χ2v) is 7.33. The molecule has 0 amide bonds. The van der Waals surface area contributed by atoms with Gasteiger partial charge in [-0.05, 0) is 54.4 Å². The van der Waals surface area contributed by atoms with Crippen LogP contribution >= 0.6 is 0 Å². The van der Waals surface area contributed by atoms with Crippen molar-refractivity contribution in [2.75, 3.05) is 44.8 Å². The van der Waals surface area contributed by atoms with Crippen molar-refractivity contribution in [3.8, 4) is 0 Å². The number of ether oxygens (including phenoxy) is 1. The molecule has 1 fully saturated rings. The van der Waals surface area contributed by atoms with Crippen molar-refractivity contribution < 1.29 is 4.74 Å². The summed E-state index contributed by atoms with van der Waals surface area (Å²) in [6.07, 6.45) is 3.02. The van der Waals surface area contributed by atoms with Gasteiger partial charge < -0.3 is 9.64 Å². The van der Waals surface area contributed by atoms with E-state index >= 15 is 0 Å². The fourth-order valence-corrected chi connectivity index (χ4v) is 4.31. The predicted octanol–water partition coefficient (Wildman–Crippen LogP) is 2.98. The zero-order chi connectivity index (χ0) is 17.5. The van der Waals surface area contributed by atoms with Gasteiger partial charge in [-0.15, -0.1) is 0 Å². The standard InChI is InChI=1S/C21H24N4O/c1-24-7-6-15-2-4-18(25-8-10-26-11-9-25)13-19(15)21(24)16-3-5-20-17(12-16)14-22-23-20/h2-5,12-14,21H,6-11H2,1H3,(H,22,23). The summed E-state index contributed by atoms with van der Waals surface area (Å²) in [5, 5.41) is 8.39. The number of nitrogens with one attached hydrogen (secondary N) is 1. The minimum atomic E-state index is 0.291. The lowest BCUT2D eigenvalue weighted by molar-refractivity contribution is 0.122. The lowest BCUT2D eigenvalue weighted by atomic mass is 9.87. The first-order chi connectivity index (χ1) is 12.8. The molecule has 3 heterocycles. The SMILES string of the molecule is CN1CCc2ccc(N3CCOCC3)cc2C1c1ccc2[nH]ncc2c1. The summed E-state index contributed by atoms with van der Waals surface area (Å²) >= 11 is 0. The molecule has 1 N–H and O–H groups in total. The van der Waals surface area contributed by atoms with E-state index in [0.717, 1.165) is 44.8 Å². The van der Waals surface area contributed by atoms with Gasteiger partial charge in [-0.1, -0.05) is 12.1 Å². The molecule has 3 aromatic rings. The molecule has 1 aromatic heterocycles. The average molecular weight is 348 g/mol. The van der Waals surface area contributed by atoms with Gasteiger partial charge in [0.15, 0.2) is 0 Å². The highest BCUT2D eigenvalue weighted by atomic mass is 16.5. The van der Waals surface area contributed by atoms with Crippen LogP contribution in [0.4, 0.5) is 5.69 Å². The van der Waals surface area contributed by atoms with Gasteiger partial charge in [0, 0.05) is 30.7 Å². The van der Waals surface area contributed by atoms with E-state index in [1.807, 2.05) is 6.20 Å². The van der Waals surface area contributed by atoms with Crippen LogP contribution < -0.4 is 4.90 Å². The summed E-state index contributed by atoms with van der Waals surface area (Å²) in [5.41, 5.74) is 6.65. The third kappa shape index (κ3) is 2.68. The van der Waals surface area contributed by atoms with Crippen LogP contribution in [0.2, 0.25) is 0 Å². The number of hydrogen-bond donors (Lipinski definition) is 1. The van der Waals surface area contributed by atoms with E-state index in [2.05, 4.69) is 63.4 Å². The zero-order valence-corrected chi connectivity index (χ0v) is 15.1. The first-order valence-electron chi connectivity index (χ1n) is 9.38. The molecule has 134 valence electrons. The number of nitrogens with zero attached hydrogens (tertiary/aromatic N) is 3. The number of hydrogen-bond acceptors (Lipinski definition) is 4. The summed E-state index contributed by atoms with van der Waals surface area (Å²) < 4.78 is 5.52. The number of benzene rings is 2. The molecule has 2 aromatic carbocycles.